The van der Waals surface area contributed by atoms with Crippen molar-refractivity contribution in [2.24, 2.45) is 0 Å². The van der Waals surface area contributed by atoms with Crippen molar-refractivity contribution in [1.82, 2.24) is 9.97 Å². The summed E-state index contributed by atoms with van der Waals surface area (Å²) < 4.78 is 5.51. The quantitative estimate of drug-likeness (QED) is 0.726. The number of benzene rings is 1. The standard InChI is InChI=1S/C17H15N3O4S/c1-3-24-15-12-9(2)13(25-16(12)19-8-18-15)14(21)20-11-6-4-5-10(7-11)17(22)23/h4-8H,3H2,1-2H3,(H,20,21)(H,22,23). The minimum absolute atomic E-state index is 0.107. The molecule has 0 aliphatic carbocycles. The Labute approximate surface area is 147 Å². The summed E-state index contributed by atoms with van der Waals surface area (Å²) in [7, 11) is 0. The van der Waals surface area contributed by atoms with E-state index in [1.54, 1.807) is 12.1 Å². The number of carboxylic acids is 1. The first-order valence-electron chi connectivity index (χ1n) is 7.52. The zero-order valence-electron chi connectivity index (χ0n) is 13.6. The predicted octanol–water partition coefficient (Wildman–Crippen LogP) is 3.35. The Morgan fingerprint density at radius 2 is 2.12 bits per heavy atom. The number of amides is 1. The smallest absolute Gasteiger partial charge is 0.335 e. The molecule has 2 N–H and O–H groups in total. The van der Waals surface area contributed by atoms with Crippen molar-refractivity contribution in [3.63, 3.8) is 0 Å². The fourth-order valence-corrected chi connectivity index (χ4v) is 3.45. The molecule has 0 atom stereocenters. The highest BCUT2D eigenvalue weighted by Crippen LogP contribution is 2.34. The first-order valence-corrected chi connectivity index (χ1v) is 8.34. The highest BCUT2D eigenvalue weighted by molar-refractivity contribution is 7.20. The average molecular weight is 357 g/mol. The number of carbonyl (C=O) groups is 2. The third kappa shape index (κ3) is 3.29. The maximum atomic E-state index is 12.6. The third-order valence-corrected chi connectivity index (χ3v) is 4.75. The van der Waals surface area contributed by atoms with Crippen molar-refractivity contribution < 1.29 is 19.4 Å². The summed E-state index contributed by atoms with van der Waals surface area (Å²) in [5.74, 6) is -0.926. The number of carboxylic acid groups (broad SMARTS) is 1. The molecule has 0 fully saturated rings. The highest BCUT2D eigenvalue weighted by atomic mass is 32.1. The van der Waals surface area contributed by atoms with Gasteiger partial charge in [-0.1, -0.05) is 6.07 Å². The Morgan fingerprint density at radius 3 is 2.84 bits per heavy atom. The van der Waals surface area contributed by atoms with Crippen LogP contribution in [-0.2, 0) is 0 Å². The van der Waals surface area contributed by atoms with E-state index in [1.165, 1.54) is 29.8 Å². The van der Waals surface area contributed by atoms with Gasteiger partial charge in [-0.25, -0.2) is 14.8 Å². The normalized spacial score (nSPS) is 10.6. The SMILES string of the molecule is CCOc1ncnc2sc(C(=O)Nc3cccc(C(=O)O)c3)c(C)c12. The van der Waals surface area contributed by atoms with Crippen molar-refractivity contribution in [3.05, 3.63) is 46.6 Å². The number of nitrogens with one attached hydrogen (secondary N) is 1. The van der Waals surface area contributed by atoms with Crippen LogP contribution in [0.5, 0.6) is 5.88 Å². The second-order valence-corrected chi connectivity index (χ2v) is 6.19. The van der Waals surface area contributed by atoms with E-state index >= 15 is 0 Å². The number of ether oxygens (including phenoxy) is 1. The number of hydrogen-bond donors (Lipinski definition) is 2. The maximum absolute atomic E-state index is 12.6. The van der Waals surface area contributed by atoms with Crippen LogP contribution in [0.15, 0.2) is 30.6 Å². The molecule has 0 unspecified atom stereocenters. The fourth-order valence-electron chi connectivity index (χ4n) is 2.42. The van der Waals surface area contributed by atoms with Crippen LogP contribution in [-0.4, -0.2) is 33.6 Å². The van der Waals surface area contributed by atoms with Gasteiger partial charge in [0.25, 0.3) is 5.91 Å². The summed E-state index contributed by atoms with van der Waals surface area (Å²) in [5, 5.41) is 12.5. The first-order chi connectivity index (χ1) is 12.0. The first kappa shape index (κ1) is 16.8. The number of carbonyl (C=O) groups excluding carboxylic acids is 1. The molecule has 2 heterocycles. The molecule has 1 amide bonds. The molecule has 0 saturated carbocycles. The lowest BCUT2D eigenvalue weighted by molar-refractivity contribution is 0.0696. The van der Waals surface area contributed by atoms with Crippen LogP contribution >= 0.6 is 11.3 Å². The Bertz CT molecular complexity index is 968. The second kappa shape index (κ2) is 6.86. The number of anilines is 1. The van der Waals surface area contributed by atoms with Gasteiger partial charge in [-0.2, -0.15) is 0 Å². The lowest BCUT2D eigenvalue weighted by Crippen LogP contribution is -2.12. The minimum atomic E-state index is -1.05. The van der Waals surface area contributed by atoms with Crippen molar-refractivity contribution in [2.75, 3.05) is 11.9 Å². The molecular weight excluding hydrogens is 342 g/mol. The summed E-state index contributed by atoms with van der Waals surface area (Å²) in [6, 6.07) is 6.09. The van der Waals surface area contributed by atoms with Gasteiger partial charge in [0.2, 0.25) is 5.88 Å². The molecule has 0 spiro atoms. The second-order valence-electron chi connectivity index (χ2n) is 5.19. The van der Waals surface area contributed by atoms with Gasteiger partial charge in [0.05, 0.1) is 22.4 Å². The Hall–Kier alpha value is -3.00. The van der Waals surface area contributed by atoms with Gasteiger partial charge < -0.3 is 15.2 Å². The number of rotatable bonds is 5. The lowest BCUT2D eigenvalue weighted by Gasteiger charge is -2.06. The van der Waals surface area contributed by atoms with Gasteiger partial charge >= 0.3 is 5.97 Å². The zero-order valence-corrected chi connectivity index (χ0v) is 14.4. The molecule has 2 aromatic heterocycles. The molecule has 8 heteroatoms. The summed E-state index contributed by atoms with van der Waals surface area (Å²) in [6.45, 7) is 4.14. The number of aromatic nitrogens is 2. The predicted molar refractivity (Wildman–Crippen MR) is 94.7 cm³/mol. The number of nitrogens with zero attached hydrogens (tertiary/aromatic N) is 2. The third-order valence-electron chi connectivity index (χ3n) is 3.55. The molecule has 1 aromatic carbocycles. The molecule has 3 rings (SSSR count). The van der Waals surface area contributed by atoms with Gasteiger partial charge in [-0.15, -0.1) is 11.3 Å². The monoisotopic (exact) mass is 357 g/mol. The van der Waals surface area contributed by atoms with Crippen LogP contribution in [0.4, 0.5) is 5.69 Å². The molecular formula is C17H15N3O4S. The number of thiophene rings is 1. The van der Waals surface area contributed by atoms with Crippen LogP contribution in [0.2, 0.25) is 0 Å². The van der Waals surface area contributed by atoms with E-state index in [1.807, 2.05) is 13.8 Å². The Morgan fingerprint density at radius 1 is 1.32 bits per heavy atom. The Kier molecular flexibility index (Phi) is 4.62. The number of aryl methyl sites for hydroxylation is 1. The number of aromatic carboxylic acids is 1. The Balaban J connectivity index is 1.95. The molecule has 25 heavy (non-hydrogen) atoms. The van der Waals surface area contributed by atoms with Crippen molar-refractivity contribution in [1.29, 1.82) is 0 Å². The van der Waals surface area contributed by atoms with E-state index in [4.69, 9.17) is 9.84 Å². The van der Waals surface area contributed by atoms with Gasteiger partial charge in [-0.3, -0.25) is 4.79 Å². The van der Waals surface area contributed by atoms with E-state index in [-0.39, 0.29) is 11.5 Å². The average Bonchev–Trinajstić information content (AvgIpc) is 2.93. The summed E-state index contributed by atoms with van der Waals surface area (Å²) >= 11 is 1.24. The van der Waals surface area contributed by atoms with Gasteiger partial charge in [0.1, 0.15) is 11.2 Å². The molecule has 3 aromatic rings. The highest BCUT2D eigenvalue weighted by Gasteiger charge is 2.20. The van der Waals surface area contributed by atoms with Crippen molar-refractivity contribution in [2.45, 2.75) is 13.8 Å². The topological polar surface area (TPSA) is 101 Å². The largest absolute Gasteiger partial charge is 0.478 e. The minimum Gasteiger partial charge on any atom is -0.478 e. The van der Waals surface area contributed by atoms with E-state index in [0.29, 0.717) is 27.9 Å². The fraction of sp³-hybridized carbons (Fsp3) is 0.176. The number of fused-ring (bicyclic) bond motifs is 1. The molecule has 0 bridgehead atoms. The van der Waals surface area contributed by atoms with Crippen LogP contribution in [0.3, 0.4) is 0 Å². The van der Waals surface area contributed by atoms with E-state index in [9.17, 15) is 9.59 Å². The molecule has 0 aliphatic rings. The van der Waals surface area contributed by atoms with Crippen LogP contribution in [0, 0.1) is 6.92 Å². The van der Waals surface area contributed by atoms with Crippen molar-refractivity contribution >= 4 is 39.1 Å². The molecule has 0 radical (unpaired) electrons. The van der Waals surface area contributed by atoms with Gasteiger partial charge in [0.15, 0.2) is 0 Å². The lowest BCUT2D eigenvalue weighted by atomic mass is 10.2. The van der Waals surface area contributed by atoms with Crippen LogP contribution in [0.1, 0.15) is 32.5 Å². The summed E-state index contributed by atoms with van der Waals surface area (Å²) in [4.78, 5) is 33.1. The van der Waals surface area contributed by atoms with Crippen molar-refractivity contribution in [3.8, 4) is 5.88 Å². The van der Waals surface area contributed by atoms with Gasteiger partial charge in [0, 0.05) is 5.69 Å². The van der Waals surface area contributed by atoms with E-state index in [2.05, 4.69) is 15.3 Å². The maximum Gasteiger partial charge on any atom is 0.335 e. The van der Waals surface area contributed by atoms with Crippen LogP contribution in [0.25, 0.3) is 10.2 Å². The number of hydrogen-bond acceptors (Lipinski definition) is 6. The zero-order chi connectivity index (χ0) is 18.0. The van der Waals surface area contributed by atoms with Crippen LogP contribution < -0.4 is 10.1 Å². The van der Waals surface area contributed by atoms with E-state index in [0.717, 1.165) is 10.9 Å². The van der Waals surface area contributed by atoms with Gasteiger partial charge in [-0.05, 0) is 37.6 Å². The van der Waals surface area contributed by atoms with E-state index < -0.39 is 5.97 Å². The summed E-state index contributed by atoms with van der Waals surface area (Å²) in [6.07, 6.45) is 1.40. The molecule has 128 valence electrons. The molecule has 0 aliphatic heterocycles. The molecule has 7 nitrogen and oxygen atoms in total. The molecule has 0 saturated heterocycles. The summed E-state index contributed by atoms with van der Waals surface area (Å²) in [5.41, 5.74) is 1.25.